The highest BCUT2D eigenvalue weighted by molar-refractivity contribution is 7.17. The maximum Gasteiger partial charge on any atom is 0.268 e. The molecular weight excluding hydrogens is 288 g/mol. The zero-order valence-corrected chi connectivity index (χ0v) is 12.3. The van der Waals surface area contributed by atoms with E-state index >= 15 is 0 Å². The van der Waals surface area contributed by atoms with Crippen molar-refractivity contribution in [2.24, 2.45) is 5.73 Å². The van der Waals surface area contributed by atoms with Gasteiger partial charge in [0, 0.05) is 6.20 Å². The van der Waals surface area contributed by atoms with E-state index in [0.717, 1.165) is 30.5 Å². The number of H-pyrrole nitrogens is 1. The molecule has 7 nitrogen and oxygen atoms in total. The molecule has 3 aromatic rings. The molecule has 0 spiro atoms. The van der Waals surface area contributed by atoms with E-state index in [2.05, 4.69) is 20.3 Å². The molecule has 0 radical (unpaired) electrons. The van der Waals surface area contributed by atoms with Crippen molar-refractivity contribution >= 4 is 21.6 Å². The number of fused-ring (bicyclic) bond motifs is 1. The van der Waals surface area contributed by atoms with E-state index in [1.165, 1.54) is 11.3 Å². The van der Waals surface area contributed by atoms with Crippen molar-refractivity contribution in [1.82, 2.24) is 25.0 Å². The summed E-state index contributed by atoms with van der Waals surface area (Å²) >= 11 is 1.39. The molecule has 0 aliphatic rings. The Bertz CT molecular complexity index is 789. The van der Waals surface area contributed by atoms with E-state index in [1.807, 2.05) is 17.6 Å². The Balaban J connectivity index is 1.74. The highest BCUT2D eigenvalue weighted by Gasteiger charge is 2.07. The SMILES string of the molecule is NCCCCc1cn(Cc2nc3ccsc3c(=O)[nH]2)nn1. The summed E-state index contributed by atoms with van der Waals surface area (Å²) in [6.45, 7) is 1.10. The van der Waals surface area contributed by atoms with Crippen LogP contribution in [0, 0.1) is 0 Å². The maximum absolute atomic E-state index is 11.9. The van der Waals surface area contributed by atoms with Gasteiger partial charge in [-0.2, -0.15) is 0 Å². The molecule has 0 unspecified atom stereocenters. The summed E-state index contributed by atoms with van der Waals surface area (Å²) in [7, 11) is 0. The molecule has 0 aliphatic heterocycles. The molecule has 3 aromatic heterocycles. The summed E-state index contributed by atoms with van der Waals surface area (Å²) in [6.07, 6.45) is 4.74. The number of rotatable bonds is 6. The minimum Gasteiger partial charge on any atom is -0.330 e. The van der Waals surface area contributed by atoms with Gasteiger partial charge in [-0.05, 0) is 37.3 Å². The molecule has 3 N–H and O–H groups in total. The predicted octanol–water partition coefficient (Wildman–Crippen LogP) is 0.906. The molecule has 110 valence electrons. The zero-order chi connectivity index (χ0) is 14.7. The van der Waals surface area contributed by atoms with Crippen molar-refractivity contribution in [3.05, 3.63) is 39.5 Å². The quantitative estimate of drug-likeness (QED) is 0.659. The van der Waals surface area contributed by atoms with Crippen LogP contribution in [0.5, 0.6) is 0 Å². The first-order chi connectivity index (χ1) is 10.3. The summed E-state index contributed by atoms with van der Waals surface area (Å²) in [5, 5.41) is 10.0. The Hall–Kier alpha value is -2.06. The maximum atomic E-state index is 11.9. The van der Waals surface area contributed by atoms with Crippen LogP contribution in [0.2, 0.25) is 0 Å². The average molecular weight is 304 g/mol. The molecule has 3 rings (SSSR count). The molecule has 0 saturated carbocycles. The third kappa shape index (κ3) is 3.17. The summed E-state index contributed by atoms with van der Waals surface area (Å²) in [6, 6.07) is 1.85. The van der Waals surface area contributed by atoms with E-state index < -0.39 is 0 Å². The first-order valence-corrected chi connectivity index (χ1v) is 7.69. The number of aromatic amines is 1. The van der Waals surface area contributed by atoms with E-state index in [4.69, 9.17) is 5.73 Å². The Morgan fingerprint density at radius 2 is 2.29 bits per heavy atom. The minimum atomic E-state index is -0.103. The van der Waals surface area contributed by atoms with E-state index in [-0.39, 0.29) is 5.56 Å². The number of hydrogen-bond donors (Lipinski definition) is 2. The van der Waals surface area contributed by atoms with Crippen LogP contribution in [0.15, 0.2) is 22.4 Å². The smallest absolute Gasteiger partial charge is 0.268 e. The van der Waals surface area contributed by atoms with E-state index in [0.29, 0.717) is 23.6 Å². The van der Waals surface area contributed by atoms with Gasteiger partial charge < -0.3 is 10.7 Å². The van der Waals surface area contributed by atoms with Crippen molar-refractivity contribution in [1.29, 1.82) is 0 Å². The molecule has 21 heavy (non-hydrogen) atoms. The van der Waals surface area contributed by atoms with Gasteiger partial charge in [0.05, 0.1) is 11.2 Å². The Morgan fingerprint density at radius 1 is 1.38 bits per heavy atom. The lowest BCUT2D eigenvalue weighted by molar-refractivity contribution is 0.625. The van der Waals surface area contributed by atoms with Gasteiger partial charge in [0.1, 0.15) is 17.1 Å². The van der Waals surface area contributed by atoms with Crippen LogP contribution in [-0.4, -0.2) is 31.5 Å². The minimum absolute atomic E-state index is 0.103. The van der Waals surface area contributed by atoms with Crippen LogP contribution in [0.3, 0.4) is 0 Å². The summed E-state index contributed by atoms with van der Waals surface area (Å²) < 4.78 is 2.34. The van der Waals surface area contributed by atoms with Gasteiger partial charge in [-0.3, -0.25) is 4.79 Å². The van der Waals surface area contributed by atoms with Gasteiger partial charge in [0.15, 0.2) is 0 Å². The van der Waals surface area contributed by atoms with Gasteiger partial charge in [-0.25, -0.2) is 9.67 Å². The van der Waals surface area contributed by atoms with E-state index in [1.54, 1.807) is 4.68 Å². The van der Waals surface area contributed by atoms with Gasteiger partial charge in [0.25, 0.3) is 5.56 Å². The number of unbranched alkanes of at least 4 members (excludes halogenated alkanes) is 1. The van der Waals surface area contributed by atoms with Crippen molar-refractivity contribution in [2.75, 3.05) is 6.54 Å². The normalized spacial score (nSPS) is 11.3. The molecule has 3 heterocycles. The van der Waals surface area contributed by atoms with Gasteiger partial charge in [-0.15, -0.1) is 16.4 Å². The molecular formula is C13H16N6OS. The second-order valence-electron chi connectivity index (χ2n) is 4.80. The number of aromatic nitrogens is 5. The first kappa shape index (κ1) is 13.9. The largest absolute Gasteiger partial charge is 0.330 e. The summed E-state index contributed by atoms with van der Waals surface area (Å²) in [5.74, 6) is 0.587. The second kappa shape index (κ2) is 6.15. The lowest BCUT2D eigenvalue weighted by atomic mass is 10.2. The fourth-order valence-corrected chi connectivity index (χ4v) is 2.86. The molecule has 0 aliphatic carbocycles. The fourth-order valence-electron chi connectivity index (χ4n) is 2.13. The lowest BCUT2D eigenvalue weighted by Crippen LogP contribution is -2.13. The van der Waals surface area contributed by atoms with Crippen LogP contribution in [-0.2, 0) is 13.0 Å². The molecule has 0 bridgehead atoms. The van der Waals surface area contributed by atoms with E-state index in [9.17, 15) is 4.79 Å². The standard InChI is InChI=1S/C13H16N6OS/c14-5-2-1-3-9-7-19(18-17-9)8-11-15-10-4-6-21-12(10)13(20)16-11/h4,6-7H,1-3,5,8,14H2,(H,15,16,20). The Kier molecular flexibility index (Phi) is 4.07. The van der Waals surface area contributed by atoms with Crippen molar-refractivity contribution in [3.8, 4) is 0 Å². The topological polar surface area (TPSA) is 102 Å². The third-order valence-electron chi connectivity index (χ3n) is 3.15. The van der Waals surface area contributed by atoms with Crippen LogP contribution in [0.25, 0.3) is 10.2 Å². The highest BCUT2D eigenvalue weighted by Crippen LogP contribution is 2.13. The molecule has 8 heteroatoms. The Morgan fingerprint density at radius 3 is 3.14 bits per heavy atom. The van der Waals surface area contributed by atoms with Crippen molar-refractivity contribution in [3.63, 3.8) is 0 Å². The van der Waals surface area contributed by atoms with Gasteiger partial charge in [-0.1, -0.05) is 5.21 Å². The number of nitrogens with zero attached hydrogens (tertiary/aromatic N) is 4. The zero-order valence-electron chi connectivity index (χ0n) is 11.5. The molecule has 0 saturated heterocycles. The third-order valence-corrected chi connectivity index (χ3v) is 4.05. The van der Waals surface area contributed by atoms with Crippen LogP contribution in [0.4, 0.5) is 0 Å². The van der Waals surface area contributed by atoms with Crippen LogP contribution in [0.1, 0.15) is 24.4 Å². The summed E-state index contributed by atoms with van der Waals surface area (Å²) in [5.41, 5.74) is 7.02. The fraction of sp³-hybridized carbons (Fsp3) is 0.385. The second-order valence-corrected chi connectivity index (χ2v) is 5.72. The van der Waals surface area contributed by atoms with Crippen LogP contribution < -0.4 is 11.3 Å². The monoisotopic (exact) mass is 304 g/mol. The van der Waals surface area contributed by atoms with Gasteiger partial charge in [0.2, 0.25) is 0 Å². The number of nitrogens with one attached hydrogen (secondary N) is 1. The molecule has 0 atom stereocenters. The number of nitrogens with two attached hydrogens (primary N) is 1. The molecule has 0 aromatic carbocycles. The van der Waals surface area contributed by atoms with Gasteiger partial charge >= 0.3 is 0 Å². The molecule has 0 amide bonds. The highest BCUT2D eigenvalue weighted by atomic mass is 32.1. The Labute approximate surface area is 124 Å². The average Bonchev–Trinajstić information content (AvgIpc) is 3.09. The molecule has 0 fully saturated rings. The van der Waals surface area contributed by atoms with Crippen molar-refractivity contribution < 1.29 is 0 Å². The number of thiophene rings is 1. The predicted molar refractivity (Wildman–Crippen MR) is 81.4 cm³/mol. The number of hydrogen-bond acceptors (Lipinski definition) is 6. The number of aryl methyl sites for hydroxylation is 1. The summed E-state index contributed by atoms with van der Waals surface area (Å²) in [4.78, 5) is 19.1. The van der Waals surface area contributed by atoms with Crippen LogP contribution >= 0.6 is 11.3 Å². The van der Waals surface area contributed by atoms with Crippen molar-refractivity contribution in [2.45, 2.75) is 25.8 Å². The lowest BCUT2D eigenvalue weighted by Gasteiger charge is -2.00. The first-order valence-electron chi connectivity index (χ1n) is 6.82.